The van der Waals surface area contributed by atoms with E-state index in [1.165, 1.54) is 6.20 Å². The molecule has 120 valence electrons. The summed E-state index contributed by atoms with van der Waals surface area (Å²) in [7, 11) is 0. The van der Waals surface area contributed by atoms with Gasteiger partial charge in [-0.25, -0.2) is 14.8 Å². The number of nitrogens with zero attached hydrogens (tertiary/aromatic N) is 4. The van der Waals surface area contributed by atoms with E-state index in [1.807, 2.05) is 0 Å². The molecule has 2 aromatic rings. The summed E-state index contributed by atoms with van der Waals surface area (Å²) in [5.74, 6) is -0.231. The highest BCUT2D eigenvalue weighted by molar-refractivity contribution is 5.89. The Morgan fingerprint density at radius 3 is 2.96 bits per heavy atom. The summed E-state index contributed by atoms with van der Waals surface area (Å²) in [6.07, 6.45) is 4.99. The molecular formula is C16H18N4O3. The third-order valence-electron chi connectivity index (χ3n) is 3.96. The first-order valence-corrected chi connectivity index (χ1v) is 7.64. The summed E-state index contributed by atoms with van der Waals surface area (Å²) in [6.45, 7) is 3.28. The molecule has 0 saturated carbocycles. The molecule has 3 rings (SSSR count). The Morgan fingerprint density at radius 2 is 2.13 bits per heavy atom. The van der Waals surface area contributed by atoms with Gasteiger partial charge in [0.15, 0.2) is 11.3 Å². The van der Waals surface area contributed by atoms with Gasteiger partial charge in [0.05, 0.1) is 6.61 Å². The predicted octanol–water partition coefficient (Wildman–Crippen LogP) is 1.44. The van der Waals surface area contributed by atoms with E-state index in [0.29, 0.717) is 24.3 Å². The molecule has 1 unspecified atom stereocenters. The standard InChI is InChI=1S/C16H18N4O3/c1-11(21)20-8-2-3-12(9-20)10-23-16(22)14-5-4-13-15(19-14)18-7-6-17-13/h4-7,12H,2-3,8-10H2,1H3. The number of fused-ring (bicyclic) bond motifs is 1. The molecule has 0 aliphatic carbocycles. The van der Waals surface area contributed by atoms with Crippen LogP contribution in [0.5, 0.6) is 0 Å². The maximum atomic E-state index is 12.1. The van der Waals surface area contributed by atoms with Gasteiger partial charge in [0.1, 0.15) is 5.52 Å². The lowest BCUT2D eigenvalue weighted by molar-refractivity contribution is -0.130. The number of carbonyl (C=O) groups is 2. The van der Waals surface area contributed by atoms with Crippen LogP contribution in [0.15, 0.2) is 24.5 Å². The van der Waals surface area contributed by atoms with Crippen molar-refractivity contribution < 1.29 is 14.3 Å². The van der Waals surface area contributed by atoms with Crippen molar-refractivity contribution in [2.75, 3.05) is 19.7 Å². The lowest BCUT2D eigenvalue weighted by atomic mass is 9.99. The van der Waals surface area contributed by atoms with Gasteiger partial charge in [-0.15, -0.1) is 0 Å². The SMILES string of the molecule is CC(=O)N1CCCC(COC(=O)c2ccc3nccnc3n2)C1. The molecule has 0 aromatic carbocycles. The number of carbonyl (C=O) groups excluding carboxylic acids is 2. The van der Waals surface area contributed by atoms with E-state index in [4.69, 9.17) is 4.74 Å². The normalized spacial score (nSPS) is 18.0. The van der Waals surface area contributed by atoms with E-state index in [1.54, 1.807) is 30.2 Å². The summed E-state index contributed by atoms with van der Waals surface area (Å²) in [5.41, 5.74) is 1.27. The monoisotopic (exact) mass is 314 g/mol. The molecule has 0 radical (unpaired) electrons. The third kappa shape index (κ3) is 3.61. The summed E-state index contributed by atoms with van der Waals surface area (Å²) < 4.78 is 5.36. The molecular weight excluding hydrogens is 296 g/mol. The van der Waals surface area contributed by atoms with Crippen molar-refractivity contribution in [2.24, 2.45) is 5.92 Å². The molecule has 1 fully saturated rings. The molecule has 0 bridgehead atoms. The van der Waals surface area contributed by atoms with Crippen LogP contribution < -0.4 is 0 Å². The zero-order chi connectivity index (χ0) is 16.2. The van der Waals surface area contributed by atoms with Crippen LogP contribution in [0.4, 0.5) is 0 Å². The highest BCUT2D eigenvalue weighted by Gasteiger charge is 2.23. The first-order valence-electron chi connectivity index (χ1n) is 7.64. The molecule has 23 heavy (non-hydrogen) atoms. The Morgan fingerprint density at radius 1 is 1.30 bits per heavy atom. The lowest BCUT2D eigenvalue weighted by Crippen LogP contribution is -2.40. The highest BCUT2D eigenvalue weighted by Crippen LogP contribution is 2.17. The summed E-state index contributed by atoms with van der Waals surface area (Å²) in [6, 6.07) is 3.28. The molecule has 1 aliphatic rings. The van der Waals surface area contributed by atoms with Crippen LogP contribution in [-0.4, -0.2) is 51.4 Å². The van der Waals surface area contributed by atoms with Gasteiger partial charge >= 0.3 is 5.97 Å². The zero-order valence-electron chi connectivity index (χ0n) is 12.9. The van der Waals surface area contributed by atoms with Crippen LogP contribution in [0, 0.1) is 5.92 Å². The quantitative estimate of drug-likeness (QED) is 0.797. The van der Waals surface area contributed by atoms with Gasteiger partial charge in [-0.3, -0.25) is 9.78 Å². The molecule has 1 saturated heterocycles. The summed E-state index contributed by atoms with van der Waals surface area (Å²) in [5, 5.41) is 0. The Kier molecular flexibility index (Phi) is 4.45. The highest BCUT2D eigenvalue weighted by atomic mass is 16.5. The second-order valence-electron chi connectivity index (χ2n) is 5.67. The minimum atomic E-state index is -0.475. The van der Waals surface area contributed by atoms with Crippen LogP contribution in [0.3, 0.4) is 0 Å². The molecule has 0 N–H and O–H groups in total. The largest absolute Gasteiger partial charge is 0.461 e. The maximum absolute atomic E-state index is 12.1. The first kappa shape index (κ1) is 15.3. The Hall–Kier alpha value is -2.57. The Balaban J connectivity index is 1.61. The van der Waals surface area contributed by atoms with Gasteiger partial charge in [0.2, 0.25) is 5.91 Å². The second kappa shape index (κ2) is 6.68. The van der Waals surface area contributed by atoms with Crippen LogP contribution in [0.25, 0.3) is 11.2 Å². The van der Waals surface area contributed by atoms with E-state index in [-0.39, 0.29) is 17.5 Å². The average molecular weight is 314 g/mol. The van der Waals surface area contributed by atoms with Crippen molar-refractivity contribution in [3.8, 4) is 0 Å². The summed E-state index contributed by atoms with van der Waals surface area (Å²) in [4.78, 5) is 37.7. The van der Waals surface area contributed by atoms with Gasteiger partial charge in [-0.05, 0) is 25.0 Å². The molecule has 7 nitrogen and oxygen atoms in total. The molecule has 3 heterocycles. The average Bonchev–Trinajstić information content (AvgIpc) is 2.59. The fraction of sp³-hybridized carbons (Fsp3) is 0.438. The Labute approximate surface area is 133 Å². The number of esters is 1. The fourth-order valence-corrected chi connectivity index (χ4v) is 2.72. The number of aromatic nitrogens is 3. The van der Waals surface area contributed by atoms with Gasteiger partial charge < -0.3 is 9.64 Å². The van der Waals surface area contributed by atoms with Crippen molar-refractivity contribution in [2.45, 2.75) is 19.8 Å². The lowest BCUT2D eigenvalue weighted by Gasteiger charge is -2.31. The van der Waals surface area contributed by atoms with Crippen LogP contribution in [0.1, 0.15) is 30.3 Å². The van der Waals surface area contributed by atoms with E-state index < -0.39 is 5.97 Å². The maximum Gasteiger partial charge on any atom is 0.357 e. The van der Waals surface area contributed by atoms with Gasteiger partial charge in [0, 0.05) is 38.3 Å². The minimum absolute atomic E-state index is 0.0656. The Bertz CT molecular complexity index is 734. The molecule has 1 amide bonds. The number of amides is 1. The minimum Gasteiger partial charge on any atom is -0.461 e. The molecule has 1 atom stereocenters. The fourth-order valence-electron chi connectivity index (χ4n) is 2.72. The van der Waals surface area contributed by atoms with Crippen LogP contribution in [0.2, 0.25) is 0 Å². The number of hydrogen-bond acceptors (Lipinski definition) is 6. The van der Waals surface area contributed by atoms with Crippen molar-refractivity contribution in [3.05, 3.63) is 30.2 Å². The molecule has 0 spiro atoms. The number of likely N-dealkylation sites (tertiary alicyclic amines) is 1. The van der Waals surface area contributed by atoms with Crippen molar-refractivity contribution >= 4 is 23.0 Å². The molecule has 7 heteroatoms. The number of ether oxygens (including phenoxy) is 1. The predicted molar refractivity (Wildman–Crippen MR) is 82.6 cm³/mol. The van der Waals surface area contributed by atoms with Crippen LogP contribution >= 0.6 is 0 Å². The van der Waals surface area contributed by atoms with Crippen molar-refractivity contribution in [3.63, 3.8) is 0 Å². The molecule has 2 aromatic heterocycles. The third-order valence-corrected chi connectivity index (χ3v) is 3.96. The smallest absolute Gasteiger partial charge is 0.357 e. The first-order chi connectivity index (χ1) is 11.1. The van der Waals surface area contributed by atoms with Crippen molar-refractivity contribution in [1.82, 2.24) is 19.9 Å². The van der Waals surface area contributed by atoms with E-state index in [9.17, 15) is 9.59 Å². The van der Waals surface area contributed by atoms with E-state index in [2.05, 4.69) is 15.0 Å². The van der Waals surface area contributed by atoms with Gasteiger partial charge in [-0.1, -0.05) is 0 Å². The number of hydrogen-bond donors (Lipinski definition) is 0. The van der Waals surface area contributed by atoms with Crippen LogP contribution in [-0.2, 0) is 9.53 Å². The van der Waals surface area contributed by atoms with E-state index >= 15 is 0 Å². The number of rotatable bonds is 3. The second-order valence-corrected chi connectivity index (χ2v) is 5.67. The number of pyridine rings is 1. The van der Waals surface area contributed by atoms with Crippen molar-refractivity contribution in [1.29, 1.82) is 0 Å². The van der Waals surface area contributed by atoms with Gasteiger partial charge in [0.25, 0.3) is 0 Å². The molecule has 1 aliphatic heterocycles. The number of piperidine rings is 1. The van der Waals surface area contributed by atoms with E-state index in [0.717, 1.165) is 19.4 Å². The zero-order valence-corrected chi connectivity index (χ0v) is 12.9. The summed E-state index contributed by atoms with van der Waals surface area (Å²) >= 11 is 0. The topological polar surface area (TPSA) is 85.3 Å². The van der Waals surface area contributed by atoms with Gasteiger partial charge in [-0.2, -0.15) is 0 Å².